The Labute approximate surface area is 131 Å². The maximum Gasteiger partial charge on any atom is 0.313 e. The lowest BCUT2D eigenvalue weighted by Crippen LogP contribution is -2.12. The minimum atomic E-state index is -3.13. The number of sulfone groups is 1. The first-order valence-corrected chi connectivity index (χ1v) is 9.37. The summed E-state index contributed by atoms with van der Waals surface area (Å²) in [6.07, 6.45) is 1.16. The van der Waals surface area contributed by atoms with E-state index in [1.807, 2.05) is 0 Å². The van der Waals surface area contributed by atoms with Crippen molar-refractivity contribution in [1.82, 2.24) is 9.55 Å². The molecule has 0 fully saturated rings. The third-order valence-corrected chi connectivity index (χ3v) is 4.81. The van der Waals surface area contributed by atoms with Gasteiger partial charge in [-0.2, -0.15) is 0 Å². The molecule has 2 aromatic rings. The molecule has 0 aliphatic carbocycles. The third-order valence-electron chi connectivity index (χ3n) is 2.69. The number of imidazole rings is 1. The highest BCUT2D eigenvalue weighted by Crippen LogP contribution is 2.26. The fourth-order valence-corrected chi connectivity index (χ4v) is 3.22. The molecule has 0 aliphatic rings. The first-order chi connectivity index (χ1) is 9.76. The molecule has 1 aromatic carbocycles. The van der Waals surface area contributed by atoms with E-state index in [0.717, 1.165) is 18.0 Å². The molecule has 0 unspecified atom stereocenters. The van der Waals surface area contributed by atoms with Crippen molar-refractivity contribution in [3.8, 4) is 0 Å². The van der Waals surface area contributed by atoms with Gasteiger partial charge in [0.05, 0.1) is 22.5 Å². The number of hydrogen-bond donors (Lipinski definition) is 1. The van der Waals surface area contributed by atoms with Crippen LogP contribution >= 0.6 is 23.4 Å². The van der Waals surface area contributed by atoms with E-state index in [0.29, 0.717) is 21.2 Å². The minimum Gasteiger partial charge on any atom is -0.481 e. The summed E-state index contributed by atoms with van der Waals surface area (Å²) < 4.78 is 24.4. The monoisotopic (exact) mass is 348 g/mol. The molecule has 0 saturated heterocycles. The molecule has 2 rings (SSSR count). The molecule has 0 spiro atoms. The van der Waals surface area contributed by atoms with Gasteiger partial charge in [0.2, 0.25) is 0 Å². The van der Waals surface area contributed by atoms with Crippen molar-refractivity contribution in [1.29, 1.82) is 0 Å². The summed E-state index contributed by atoms with van der Waals surface area (Å²) in [7, 11) is -3.13. The Kier molecular flexibility index (Phi) is 4.80. The van der Waals surface area contributed by atoms with Crippen molar-refractivity contribution in [2.24, 2.45) is 0 Å². The number of carboxylic acids is 1. The lowest BCUT2D eigenvalue weighted by atomic mass is 10.3. The largest absolute Gasteiger partial charge is 0.481 e. The zero-order valence-electron chi connectivity index (χ0n) is 11.1. The molecular weight excluding hydrogens is 336 g/mol. The normalized spacial score (nSPS) is 11.9. The quantitative estimate of drug-likeness (QED) is 0.802. The average Bonchev–Trinajstić information content (AvgIpc) is 2.70. The summed E-state index contributed by atoms with van der Waals surface area (Å²) in [6, 6.07) is 5.10. The molecule has 1 aromatic heterocycles. The molecule has 0 atom stereocenters. The van der Waals surface area contributed by atoms with Crippen LogP contribution in [0.4, 0.5) is 0 Å². The number of carbonyl (C=O) groups is 1. The summed E-state index contributed by atoms with van der Waals surface area (Å²) in [6.45, 7) is 0.206. The number of halogens is 1. The maximum absolute atomic E-state index is 11.3. The number of carboxylic acid groups (broad SMARTS) is 1. The third kappa shape index (κ3) is 4.36. The summed E-state index contributed by atoms with van der Waals surface area (Å²) >= 11 is 7.01. The minimum absolute atomic E-state index is 0.0500. The van der Waals surface area contributed by atoms with Crippen molar-refractivity contribution in [2.75, 3.05) is 17.8 Å². The van der Waals surface area contributed by atoms with Crippen LogP contribution in [0.5, 0.6) is 0 Å². The van der Waals surface area contributed by atoms with Gasteiger partial charge in [0.15, 0.2) is 5.16 Å². The molecule has 0 bridgehead atoms. The molecule has 0 amide bonds. The van der Waals surface area contributed by atoms with Crippen LogP contribution in [0, 0.1) is 0 Å². The number of aryl methyl sites for hydroxylation is 1. The van der Waals surface area contributed by atoms with Crippen LogP contribution in [0.1, 0.15) is 0 Å². The van der Waals surface area contributed by atoms with Gasteiger partial charge in [-0.15, -0.1) is 0 Å². The number of nitrogens with zero attached hydrogens (tertiary/aromatic N) is 2. The highest BCUT2D eigenvalue weighted by Gasteiger charge is 2.14. The van der Waals surface area contributed by atoms with Gasteiger partial charge in [-0.25, -0.2) is 13.4 Å². The second-order valence-electron chi connectivity index (χ2n) is 4.49. The maximum atomic E-state index is 11.3. The smallest absolute Gasteiger partial charge is 0.313 e. The van der Waals surface area contributed by atoms with Crippen LogP contribution in [-0.4, -0.2) is 46.8 Å². The van der Waals surface area contributed by atoms with E-state index < -0.39 is 15.8 Å². The van der Waals surface area contributed by atoms with Crippen LogP contribution in [0.2, 0.25) is 5.02 Å². The number of thioether (sulfide) groups is 1. The highest BCUT2D eigenvalue weighted by molar-refractivity contribution is 7.99. The summed E-state index contributed by atoms with van der Waals surface area (Å²) in [4.78, 5) is 15.0. The van der Waals surface area contributed by atoms with Crippen LogP contribution < -0.4 is 0 Å². The number of hydrogen-bond acceptors (Lipinski definition) is 5. The first kappa shape index (κ1) is 16.1. The second kappa shape index (κ2) is 6.25. The molecule has 0 radical (unpaired) electrons. The van der Waals surface area contributed by atoms with Gasteiger partial charge >= 0.3 is 5.97 Å². The number of aliphatic carboxylic acids is 1. The second-order valence-corrected chi connectivity index (χ2v) is 8.13. The van der Waals surface area contributed by atoms with E-state index in [4.69, 9.17) is 16.7 Å². The SMILES string of the molecule is CS(=O)(=O)CCn1c(SCC(=O)O)nc2ccc(Cl)cc21. The standard InChI is InChI=1S/C12H13ClN2O4S2/c1-21(18,19)5-4-15-10-6-8(13)2-3-9(10)14-12(15)20-7-11(16)17/h2-3,6H,4-5,7H2,1H3,(H,16,17). The summed E-state index contributed by atoms with van der Waals surface area (Å²) in [5.41, 5.74) is 1.35. The van der Waals surface area contributed by atoms with E-state index in [-0.39, 0.29) is 18.1 Å². The Bertz CT molecular complexity index is 786. The molecule has 1 N–H and O–H groups in total. The van der Waals surface area contributed by atoms with Gasteiger partial charge in [0, 0.05) is 17.8 Å². The van der Waals surface area contributed by atoms with Gasteiger partial charge in [-0.3, -0.25) is 4.79 Å². The van der Waals surface area contributed by atoms with E-state index in [1.165, 1.54) is 0 Å². The zero-order chi connectivity index (χ0) is 15.6. The Balaban J connectivity index is 2.42. The Morgan fingerprint density at radius 3 is 2.81 bits per heavy atom. The summed E-state index contributed by atoms with van der Waals surface area (Å²) in [5, 5.41) is 9.75. The van der Waals surface area contributed by atoms with Crippen molar-refractivity contribution in [2.45, 2.75) is 11.7 Å². The first-order valence-electron chi connectivity index (χ1n) is 5.94. The Morgan fingerprint density at radius 1 is 1.48 bits per heavy atom. The number of aromatic nitrogens is 2. The highest BCUT2D eigenvalue weighted by atomic mass is 35.5. The van der Waals surface area contributed by atoms with E-state index in [1.54, 1.807) is 22.8 Å². The molecule has 6 nitrogen and oxygen atoms in total. The molecule has 9 heteroatoms. The number of fused-ring (bicyclic) bond motifs is 1. The van der Waals surface area contributed by atoms with Gasteiger partial charge < -0.3 is 9.67 Å². The zero-order valence-corrected chi connectivity index (χ0v) is 13.5. The fraction of sp³-hybridized carbons (Fsp3) is 0.333. The van der Waals surface area contributed by atoms with Crippen LogP contribution in [0.15, 0.2) is 23.4 Å². The molecule has 114 valence electrons. The number of rotatable bonds is 6. The van der Waals surface area contributed by atoms with Crippen LogP contribution in [0.3, 0.4) is 0 Å². The lowest BCUT2D eigenvalue weighted by Gasteiger charge is -2.07. The van der Waals surface area contributed by atoms with Gasteiger partial charge in [-0.05, 0) is 18.2 Å². The van der Waals surface area contributed by atoms with E-state index in [9.17, 15) is 13.2 Å². The Morgan fingerprint density at radius 2 is 2.19 bits per heavy atom. The topological polar surface area (TPSA) is 89.3 Å². The Hall–Kier alpha value is -1.25. The van der Waals surface area contributed by atoms with Crippen LogP contribution in [0.25, 0.3) is 11.0 Å². The molecule has 0 saturated carbocycles. The fourth-order valence-electron chi connectivity index (χ4n) is 1.78. The lowest BCUT2D eigenvalue weighted by molar-refractivity contribution is -0.133. The molecular formula is C12H13ClN2O4S2. The van der Waals surface area contributed by atoms with Crippen molar-refractivity contribution < 1.29 is 18.3 Å². The van der Waals surface area contributed by atoms with E-state index in [2.05, 4.69) is 4.98 Å². The molecule has 21 heavy (non-hydrogen) atoms. The predicted molar refractivity (Wildman–Crippen MR) is 82.8 cm³/mol. The van der Waals surface area contributed by atoms with Crippen molar-refractivity contribution in [3.05, 3.63) is 23.2 Å². The summed E-state index contributed by atoms with van der Waals surface area (Å²) in [5.74, 6) is -1.15. The molecule has 0 aliphatic heterocycles. The van der Waals surface area contributed by atoms with Crippen molar-refractivity contribution in [3.63, 3.8) is 0 Å². The van der Waals surface area contributed by atoms with Gasteiger partial charge in [-0.1, -0.05) is 23.4 Å². The average molecular weight is 349 g/mol. The van der Waals surface area contributed by atoms with Crippen LogP contribution in [-0.2, 0) is 21.2 Å². The van der Waals surface area contributed by atoms with Crippen molar-refractivity contribution >= 4 is 50.2 Å². The van der Waals surface area contributed by atoms with E-state index >= 15 is 0 Å². The molecule has 1 heterocycles. The predicted octanol–water partition coefficient (Wildman–Crippen LogP) is 1.91. The van der Waals surface area contributed by atoms with Gasteiger partial charge in [0.25, 0.3) is 0 Å². The number of benzene rings is 1. The van der Waals surface area contributed by atoms with Gasteiger partial charge in [0.1, 0.15) is 9.84 Å².